The molecule has 1 aromatic rings. The van der Waals surface area contributed by atoms with Crippen LogP contribution in [0.5, 0.6) is 11.5 Å². The fourth-order valence-corrected chi connectivity index (χ4v) is 3.09. The van der Waals surface area contributed by atoms with Crippen molar-refractivity contribution in [3.8, 4) is 11.5 Å². The van der Waals surface area contributed by atoms with Gasteiger partial charge in [0.05, 0.1) is 20.2 Å². The second kappa shape index (κ2) is 10.2. The van der Waals surface area contributed by atoms with Gasteiger partial charge >= 0.3 is 6.61 Å². The van der Waals surface area contributed by atoms with Gasteiger partial charge in [0.15, 0.2) is 18.0 Å². The average Bonchev–Trinajstić information content (AvgIpc) is 2.55. The van der Waals surface area contributed by atoms with Gasteiger partial charge in [-0.3, -0.25) is 4.79 Å². The van der Waals surface area contributed by atoms with Crippen LogP contribution in [-0.2, 0) is 11.3 Å². The van der Waals surface area contributed by atoms with Crippen LogP contribution < -0.4 is 19.7 Å². The molecular formula is C18H27F2N2O3+. The van der Waals surface area contributed by atoms with Gasteiger partial charge in [-0.25, -0.2) is 0 Å². The second-order valence-electron chi connectivity index (χ2n) is 6.33. The van der Waals surface area contributed by atoms with Gasteiger partial charge in [0.25, 0.3) is 5.91 Å². The predicted molar refractivity (Wildman–Crippen MR) is 90.1 cm³/mol. The minimum atomic E-state index is -2.90. The van der Waals surface area contributed by atoms with Crippen molar-refractivity contribution < 1.29 is 27.9 Å². The van der Waals surface area contributed by atoms with Crippen LogP contribution in [0.15, 0.2) is 18.2 Å². The van der Waals surface area contributed by atoms with Gasteiger partial charge in [0.1, 0.15) is 0 Å². The standard InChI is InChI=1S/C18H26F2N2O3/c1-24-16-11-14(7-8-15(16)25-18(19)20)12-21-17(23)13-22-9-5-3-2-4-6-10-22/h7-8,11,18H,2-6,9-10,12-13H2,1H3,(H,21,23)/p+1. The summed E-state index contributed by atoms with van der Waals surface area (Å²) >= 11 is 0. The third-order valence-corrected chi connectivity index (χ3v) is 4.40. The van der Waals surface area contributed by atoms with E-state index in [1.807, 2.05) is 0 Å². The Labute approximate surface area is 147 Å². The van der Waals surface area contributed by atoms with Gasteiger partial charge in [-0.2, -0.15) is 8.78 Å². The summed E-state index contributed by atoms with van der Waals surface area (Å²) < 4.78 is 34.1. The number of methoxy groups -OCH3 is 1. The van der Waals surface area contributed by atoms with Crippen LogP contribution in [0.4, 0.5) is 8.78 Å². The Morgan fingerprint density at radius 1 is 1.16 bits per heavy atom. The Morgan fingerprint density at radius 2 is 1.84 bits per heavy atom. The first kappa shape index (κ1) is 19.4. The summed E-state index contributed by atoms with van der Waals surface area (Å²) in [5, 5.41) is 2.89. The molecule has 140 valence electrons. The summed E-state index contributed by atoms with van der Waals surface area (Å²) in [7, 11) is 1.39. The van der Waals surface area contributed by atoms with Crippen LogP contribution in [0.2, 0.25) is 0 Å². The molecule has 1 saturated heterocycles. The number of benzene rings is 1. The Morgan fingerprint density at radius 3 is 2.48 bits per heavy atom. The van der Waals surface area contributed by atoms with Crippen LogP contribution in [0, 0.1) is 0 Å². The number of hydrogen-bond acceptors (Lipinski definition) is 3. The van der Waals surface area contributed by atoms with Gasteiger partial charge in [-0.15, -0.1) is 0 Å². The lowest BCUT2D eigenvalue weighted by atomic mass is 10.1. The molecule has 1 fully saturated rings. The molecule has 0 aliphatic carbocycles. The van der Waals surface area contributed by atoms with Crippen LogP contribution in [-0.4, -0.2) is 39.3 Å². The van der Waals surface area contributed by atoms with E-state index in [2.05, 4.69) is 10.1 Å². The van der Waals surface area contributed by atoms with Crippen molar-refractivity contribution in [2.45, 2.75) is 45.3 Å². The van der Waals surface area contributed by atoms with Crippen molar-refractivity contribution in [1.82, 2.24) is 5.32 Å². The summed E-state index contributed by atoms with van der Waals surface area (Å²) in [6.45, 7) is -0.0107. The summed E-state index contributed by atoms with van der Waals surface area (Å²) in [6.07, 6.45) is 6.14. The highest BCUT2D eigenvalue weighted by Gasteiger charge is 2.16. The van der Waals surface area contributed by atoms with Gasteiger partial charge in [0.2, 0.25) is 0 Å². The molecule has 0 aromatic heterocycles. The number of hydrogen-bond donors (Lipinski definition) is 2. The zero-order valence-corrected chi connectivity index (χ0v) is 14.7. The monoisotopic (exact) mass is 357 g/mol. The fourth-order valence-electron chi connectivity index (χ4n) is 3.09. The van der Waals surface area contributed by atoms with Crippen molar-refractivity contribution in [2.24, 2.45) is 0 Å². The lowest BCUT2D eigenvalue weighted by molar-refractivity contribution is -0.893. The first-order valence-corrected chi connectivity index (χ1v) is 8.80. The molecule has 0 unspecified atom stereocenters. The molecule has 7 heteroatoms. The van der Waals surface area contributed by atoms with E-state index < -0.39 is 6.61 Å². The first-order chi connectivity index (χ1) is 12.1. The maximum atomic E-state index is 12.3. The van der Waals surface area contributed by atoms with Crippen molar-refractivity contribution in [3.05, 3.63) is 23.8 Å². The van der Waals surface area contributed by atoms with Crippen molar-refractivity contribution in [1.29, 1.82) is 0 Å². The number of carbonyl (C=O) groups excluding carboxylic acids is 1. The fraction of sp³-hybridized carbons (Fsp3) is 0.611. The Hall–Kier alpha value is -1.89. The Bertz CT molecular complexity index is 547. The van der Waals surface area contributed by atoms with Gasteiger partial charge in [-0.1, -0.05) is 12.5 Å². The van der Waals surface area contributed by atoms with Crippen molar-refractivity contribution >= 4 is 5.91 Å². The number of halogens is 2. The molecule has 2 rings (SSSR count). The highest BCUT2D eigenvalue weighted by atomic mass is 19.3. The van der Waals surface area contributed by atoms with Crippen LogP contribution in [0.1, 0.15) is 37.7 Å². The Balaban J connectivity index is 1.84. The summed E-state index contributed by atoms with van der Waals surface area (Å²) in [5.74, 6) is 0.210. The maximum Gasteiger partial charge on any atom is 0.387 e. The molecule has 1 amide bonds. The van der Waals surface area contributed by atoms with Gasteiger partial charge < -0.3 is 19.7 Å². The maximum absolute atomic E-state index is 12.3. The molecule has 5 nitrogen and oxygen atoms in total. The molecule has 0 spiro atoms. The lowest BCUT2D eigenvalue weighted by Gasteiger charge is -2.21. The van der Waals surface area contributed by atoms with E-state index in [-0.39, 0.29) is 17.4 Å². The van der Waals surface area contributed by atoms with E-state index in [0.717, 1.165) is 18.7 Å². The molecule has 1 aliphatic rings. The summed E-state index contributed by atoms with van der Waals surface area (Å²) in [5.41, 5.74) is 0.773. The first-order valence-electron chi connectivity index (χ1n) is 8.80. The molecule has 2 N–H and O–H groups in total. The molecule has 1 aliphatic heterocycles. The third-order valence-electron chi connectivity index (χ3n) is 4.40. The summed E-state index contributed by atoms with van der Waals surface area (Å²) in [6, 6.07) is 4.67. The molecule has 0 saturated carbocycles. The average molecular weight is 357 g/mol. The highest BCUT2D eigenvalue weighted by Crippen LogP contribution is 2.29. The minimum Gasteiger partial charge on any atom is -0.493 e. The molecule has 25 heavy (non-hydrogen) atoms. The number of alkyl halides is 2. The van der Waals surface area contributed by atoms with E-state index >= 15 is 0 Å². The number of quaternary nitrogens is 1. The van der Waals surface area contributed by atoms with E-state index in [4.69, 9.17) is 4.74 Å². The van der Waals surface area contributed by atoms with Crippen molar-refractivity contribution in [3.63, 3.8) is 0 Å². The predicted octanol–water partition coefficient (Wildman–Crippen LogP) is 1.76. The zero-order chi connectivity index (χ0) is 18.1. The Kier molecular flexibility index (Phi) is 7.91. The SMILES string of the molecule is COc1cc(CNC(=O)C[NH+]2CCCCCCC2)ccc1OC(F)F. The topological polar surface area (TPSA) is 52.0 Å². The number of likely N-dealkylation sites (tertiary alicyclic amines) is 1. The third kappa shape index (κ3) is 6.86. The molecule has 0 bridgehead atoms. The number of carbonyl (C=O) groups is 1. The van der Waals surface area contributed by atoms with E-state index in [1.165, 1.54) is 50.2 Å². The molecular weight excluding hydrogens is 330 g/mol. The van der Waals surface area contributed by atoms with E-state index in [1.54, 1.807) is 12.1 Å². The smallest absolute Gasteiger partial charge is 0.387 e. The van der Waals surface area contributed by atoms with Crippen LogP contribution >= 0.6 is 0 Å². The number of nitrogens with one attached hydrogen (secondary N) is 2. The zero-order valence-electron chi connectivity index (χ0n) is 14.7. The highest BCUT2D eigenvalue weighted by molar-refractivity contribution is 5.76. The van der Waals surface area contributed by atoms with Gasteiger partial charge in [-0.05, 0) is 43.4 Å². The van der Waals surface area contributed by atoms with Crippen LogP contribution in [0.3, 0.4) is 0 Å². The number of rotatable bonds is 7. The molecule has 1 heterocycles. The van der Waals surface area contributed by atoms with E-state index in [9.17, 15) is 13.6 Å². The minimum absolute atomic E-state index is 0.00227. The quantitative estimate of drug-likeness (QED) is 0.782. The number of ether oxygens (including phenoxy) is 2. The normalized spacial score (nSPS) is 16.2. The summed E-state index contributed by atoms with van der Waals surface area (Å²) in [4.78, 5) is 13.5. The van der Waals surface area contributed by atoms with E-state index in [0.29, 0.717) is 13.1 Å². The molecule has 0 atom stereocenters. The largest absolute Gasteiger partial charge is 0.493 e. The number of amides is 1. The second-order valence-corrected chi connectivity index (χ2v) is 6.33. The van der Waals surface area contributed by atoms with Crippen LogP contribution in [0.25, 0.3) is 0 Å². The molecule has 1 aromatic carbocycles. The molecule has 0 radical (unpaired) electrons. The van der Waals surface area contributed by atoms with Gasteiger partial charge in [0, 0.05) is 6.54 Å². The van der Waals surface area contributed by atoms with Crippen molar-refractivity contribution in [2.75, 3.05) is 26.7 Å². The lowest BCUT2D eigenvalue weighted by Crippen LogP contribution is -3.13.